The lowest BCUT2D eigenvalue weighted by atomic mass is 10.1. The average Bonchev–Trinajstić information content (AvgIpc) is 2.31. The van der Waals surface area contributed by atoms with Crippen LogP contribution in [0.25, 0.3) is 0 Å². The van der Waals surface area contributed by atoms with Crippen LogP contribution in [0.2, 0.25) is 0 Å². The van der Waals surface area contributed by atoms with Gasteiger partial charge in [0, 0.05) is 22.7 Å². The normalized spacial score (nSPS) is 10.1. The molecule has 0 N–H and O–H groups in total. The Kier molecular flexibility index (Phi) is 3.57. The van der Waals surface area contributed by atoms with Crippen LogP contribution >= 0.6 is 15.9 Å². The highest BCUT2D eigenvalue weighted by molar-refractivity contribution is 9.10. The van der Waals surface area contributed by atoms with Gasteiger partial charge in [0.15, 0.2) is 0 Å². The number of nitrogens with zero attached hydrogens (tertiary/aromatic N) is 1. The summed E-state index contributed by atoms with van der Waals surface area (Å²) in [5.74, 6) is 0.687. The van der Waals surface area contributed by atoms with E-state index in [0.29, 0.717) is 5.88 Å². The Morgan fingerprint density at radius 1 is 1.25 bits per heavy atom. The van der Waals surface area contributed by atoms with Gasteiger partial charge in [0.05, 0.1) is 7.11 Å². The van der Waals surface area contributed by atoms with Crippen molar-refractivity contribution in [2.45, 2.75) is 6.42 Å². The Bertz CT molecular complexity index is 471. The van der Waals surface area contributed by atoms with Crippen molar-refractivity contribution in [1.82, 2.24) is 4.98 Å². The SMILES string of the molecule is COc1ncc(Br)cc1Cc1ccccc1. The minimum absolute atomic E-state index is 0.687. The summed E-state index contributed by atoms with van der Waals surface area (Å²) < 4.78 is 6.21. The summed E-state index contributed by atoms with van der Waals surface area (Å²) in [6.07, 6.45) is 2.57. The highest BCUT2D eigenvalue weighted by Crippen LogP contribution is 2.22. The summed E-state index contributed by atoms with van der Waals surface area (Å²) in [5.41, 5.74) is 2.34. The highest BCUT2D eigenvalue weighted by Gasteiger charge is 2.05. The maximum absolute atomic E-state index is 5.24. The van der Waals surface area contributed by atoms with Gasteiger partial charge >= 0.3 is 0 Å². The molecule has 0 aliphatic rings. The van der Waals surface area contributed by atoms with Crippen LogP contribution in [0.1, 0.15) is 11.1 Å². The van der Waals surface area contributed by atoms with E-state index in [2.05, 4.69) is 33.0 Å². The first-order valence-corrected chi connectivity index (χ1v) is 5.81. The predicted octanol–water partition coefficient (Wildman–Crippen LogP) is 3.44. The summed E-state index contributed by atoms with van der Waals surface area (Å²) in [6, 6.07) is 12.3. The number of halogens is 1. The molecule has 16 heavy (non-hydrogen) atoms. The van der Waals surface area contributed by atoms with Gasteiger partial charge in [0.25, 0.3) is 0 Å². The second-order valence-electron chi connectivity index (χ2n) is 3.48. The number of hydrogen-bond donors (Lipinski definition) is 0. The lowest BCUT2D eigenvalue weighted by molar-refractivity contribution is 0.393. The molecule has 0 aliphatic heterocycles. The summed E-state index contributed by atoms with van der Waals surface area (Å²) in [7, 11) is 1.64. The molecule has 0 atom stereocenters. The second kappa shape index (κ2) is 5.12. The van der Waals surface area contributed by atoms with Gasteiger partial charge in [0.1, 0.15) is 0 Å². The fraction of sp³-hybridized carbons (Fsp3) is 0.154. The molecule has 0 bridgehead atoms. The van der Waals surface area contributed by atoms with Gasteiger partial charge in [-0.25, -0.2) is 4.98 Å². The van der Waals surface area contributed by atoms with E-state index in [9.17, 15) is 0 Å². The van der Waals surface area contributed by atoms with Crippen LogP contribution in [-0.4, -0.2) is 12.1 Å². The number of methoxy groups -OCH3 is 1. The third-order valence-electron chi connectivity index (χ3n) is 2.32. The van der Waals surface area contributed by atoms with E-state index in [-0.39, 0.29) is 0 Å². The topological polar surface area (TPSA) is 22.1 Å². The van der Waals surface area contributed by atoms with Gasteiger partial charge in [-0.2, -0.15) is 0 Å². The van der Waals surface area contributed by atoms with Crippen molar-refractivity contribution in [1.29, 1.82) is 0 Å². The largest absolute Gasteiger partial charge is 0.481 e. The smallest absolute Gasteiger partial charge is 0.216 e. The van der Waals surface area contributed by atoms with E-state index >= 15 is 0 Å². The molecule has 0 spiro atoms. The zero-order valence-corrected chi connectivity index (χ0v) is 10.6. The zero-order valence-electron chi connectivity index (χ0n) is 8.98. The first-order chi connectivity index (χ1) is 7.79. The monoisotopic (exact) mass is 277 g/mol. The number of aromatic nitrogens is 1. The molecule has 0 radical (unpaired) electrons. The standard InChI is InChI=1S/C13H12BrNO/c1-16-13-11(8-12(14)9-15-13)7-10-5-3-2-4-6-10/h2-6,8-9H,7H2,1H3. The third-order valence-corrected chi connectivity index (χ3v) is 2.76. The van der Waals surface area contributed by atoms with E-state index in [1.165, 1.54) is 5.56 Å². The van der Waals surface area contributed by atoms with E-state index in [1.54, 1.807) is 13.3 Å². The maximum atomic E-state index is 5.24. The molecule has 1 heterocycles. The van der Waals surface area contributed by atoms with Gasteiger partial charge in [-0.3, -0.25) is 0 Å². The highest BCUT2D eigenvalue weighted by atomic mass is 79.9. The van der Waals surface area contributed by atoms with Crippen LogP contribution in [-0.2, 0) is 6.42 Å². The fourth-order valence-electron chi connectivity index (χ4n) is 1.59. The van der Waals surface area contributed by atoms with Crippen LogP contribution in [0.15, 0.2) is 47.1 Å². The molecule has 2 nitrogen and oxygen atoms in total. The molecule has 0 fully saturated rings. The fourth-order valence-corrected chi connectivity index (χ4v) is 1.97. The summed E-state index contributed by atoms with van der Waals surface area (Å²) in [5, 5.41) is 0. The lowest BCUT2D eigenvalue weighted by Crippen LogP contribution is -1.96. The molecule has 3 heteroatoms. The van der Waals surface area contributed by atoms with Gasteiger partial charge in [-0.1, -0.05) is 30.3 Å². The molecule has 2 rings (SSSR count). The first-order valence-electron chi connectivity index (χ1n) is 5.02. The number of ether oxygens (including phenoxy) is 1. The van der Waals surface area contributed by atoms with E-state index in [0.717, 1.165) is 16.5 Å². The van der Waals surface area contributed by atoms with Crippen molar-refractivity contribution in [3.8, 4) is 5.88 Å². The molecule has 0 saturated heterocycles. The zero-order chi connectivity index (χ0) is 11.4. The van der Waals surface area contributed by atoms with E-state index in [4.69, 9.17) is 4.74 Å². The summed E-state index contributed by atoms with van der Waals surface area (Å²) in [4.78, 5) is 4.22. The molecule has 1 aromatic carbocycles. The van der Waals surface area contributed by atoms with Crippen molar-refractivity contribution < 1.29 is 4.74 Å². The average molecular weight is 278 g/mol. The predicted molar refractivity (Wildman–Crippen MR) is 67.7 cm³/mol. The molecule has 0 amide bonds. The van der Waals surface area contributed by atoms with E-state index in [1.807, 2.05) is 24.3 Å². The van der Waals surface area contributed by atoms with Crippen LogP contribution in [0, 0.1) is 0 Å². The van der Waals surface area contributed by atoms with Crippen LogP contribution in [0.5, 0.6) is 5.88 Å². The third kappa shape index (κ3) is 2.61. The van der Waals surface area contributed by atoms with Crippen LogP contribution in [0.4, 0.5) is 0 Å². The van der Waals surface area contributed by atoms with Crippen LogP contribution in [0.3, 0.4) is 0 Å². The van der Waals surface area contributed by atoms with Crippen molar-refractivity contribution in [2.75, 3.05) is 7.11 Å². The number of rotatable bonds is 3. The quantitative estimate of drug-likeness (QED) is 0.858. The summed E-state index contributed by atoms with van der Waals surface area (Å²) >= 11 is 3.42. The Morgan fingerprint density at radius 2 is 2.00 bits per heavy atom. The van der Waals surface area contributed by atoms with Gasteiger partial charge < -0.3 is 4.74 Å². The maximum Gasteiger partial charge on any atom is 0.216 e. The van der Waals surface area contributed by atoms with Gasteiger partial charge in [-0.15, -0.1) is 0 Å². The molecule has 0 unspecified atom stereocenters. The van der Waals surface area contributed by atoms with Crippen molar-refractivity contribution >= 4 is 15.9 Å². The first kappa shape index (κ1) is 11.1. The molecule has 2 aromatic rings. The minimum Gasteiger partial charge on any atom is -0.481 e. The minimum atomic E-state index is 0.687. The Morgan fingerprint density at radius 3 is 2.69 bits per heavy atom. The molecule has 0 aliphatic carbocycles. The molecule has 0 saturated carbocycles. The second-order valence-corrected chi connectivity index (χ2v) is 4.40. The van der Waals surface area contributed by atoms with Crippen LogP contribution < -0.4 is 4.74 Å². The van der Waals surface area contributed by atoms with E-state index < -0.39 is 0 Å². The number of hydrogen-bond acceptors (Lipinski definition) is 2. The van der Waals surface area contributed by atoms with Crippen molar-refractivity contribution in [3.05, 3.63) is 58.2 Å². The Labute approximate surface area is 103 Å². The molecule has 82 valence electrons. The number of benzene rings is 1. The lowest BCUT2D eigenvalue weighted by Gasteiger charge is -2.07. The molecular formula is C13H12BrNO. The Hall–Kier alpha value is -1.35. The van der Waals surface area contributed by atoms with Gasteiger partial charge in [0.2, 0.25) is 5.88 Å². The molecule has 1 aromatic heterocycles. The summed E-state index contributed by atoms with van der Waals surface area (Å²) in [6.45, 7) is 0. The molecular weight excluding hydrogens is 266 g/mol. The van der Waals surface area contributed by atoms with Gasteiger partial charge in [-0.05, 0) is 27.6 Å². The van der Waals surface area contributed by atoms with Crippen molar-refractivity contribution in [3.63, 3.8) is 0 Å². The van der Waals surface area contributed by atoms with Crippen molar-refractivity contribution in [2.24, 2.45) is 0 Å². The number of pyridine rings is 1. The Balaban J connectivity index is 2.30.